The van der Waals surface area contributed by atoms with Gasteiger partial charge in [-0.05, 0) is 24.5 Å². The predicted molar refractivity (Wildman–Crippen MR) is 82.5 cm³/mol. The first-order chi connectivity index (χ1) is 9.69. The Labute approximate surface area is 122 Å². The van der Waals surface area contributed by atoms with Crippen molar-refractivity contribution in [2.75, 3.05) is 20.3 Å². The van der Waals surface area contributed by atoms with Crippen molar-refractivity contribution < 1.29 is 9.47 Å². The van der Waals surface area contributed by atoms with Crippen LogP contribution in [-0.4, -0.2) is 32.4 Å². The summed E-state index contributed by atoms with van der Waals surface area (Å²) in [5.74, 6) is 0.971. The number of nitrogens with one attached hydrogen (secondary N) is 1. The molecule has 20 heavy (non-hydrogen) atoms. The standard InChI is InChI=1S/C17H25NO2/c1-13(2)18-11-16(19-3)12-20-17-9-5-7-14-6-4-8-15(17)10-14/h4-5,7-9,13,16,18H,6,10-12H2,1-3H3. The van der Waals surface area contributed by atoms with Gasteiger partial charge in [0.25, 0.3) is 0 Å². The molecule has 3 nitrogen and oxygen atoms in total. The van der Waals surface area contributed by atoms with E-state index in [1.165, 1.54) is 11.1 Å². The normalized spacial score (nSPS) is 19.1. The molecule has 1 atom stereocenters. The van der Waals surface area contributed by atoms with Crippen LogP contribution in [0.4, 0.5) is 0 Å². The van der Waals surface area contributed by atoms with Crippen LogP contribution >= 0.6 is 0 Å². The molecular weight excluding hydrogens is 250 g/mol. The molecule has 2 bridgehead atoms. The van der Waals surface area contributed by atoms with Crippen LogP contribution in [0.15, 0.2) is 47.3 Å². The SMILES string of the molecule is COC(CNC(C)C)COC1=C2C=CCC(=CC=C1)C2. The second-order valence-corrected chi connectivity index (χ2v) is 5.59. The lowest BCUT2D eigenvalue weighted by molar-refractivity contribution is 0.0350. The minimum atomic E-state index is 0.0714. The van der Waals surface area contributed by atoms with E-state index in [4.69, 9.17) is 9.47 Å². The number of methoxy groups -OCH3 is 1. The summed E-state index contributed by atoms with van der Waals surface area (Å²) in [6, 6.07) is 0.459. The molecule has 0 aromatic rings. The molecule has 1 unspecified atom stereocenters. The first-order valence-corrected chi connectivity index (χ1v) is 7.34. The van der Waals surface area contributed by atoms with E-state index in [2.05, 4.69) is 49.5 Å². The summed E-state index contributed by atoms with van der Waals surface area (Å²) in [6.07, 6.45) is 12.8. The first kappa shape index (κ1) is 15.1. The second kappa shape index (κ2) is 7.46. The molecule has 0 aromatic carbocycles. The third-order valence-electron chi connectivity index (χ3n) is 3.52. The minimum absolute atomic E-state index is 0.0714. The largest absolute Gasteiger partial charge is 0.491 e. The Kier molecular flexibility index (Phi) is 5.62. The first-order valence-electron chi connectivity index (χ1n) is 7.34. The summed E-state index contributed by atoms with van der Waals surface area (Å²) in [7, 11) is 1.73. The average molecular weight is 275 g/mol. The molecular formula is C17H25NO2. The number of fused-ring (bicyclic) bond motifs is 2. The molecule has 0 aromatic heterocycles. The highest BCUT2D eigenvalue weighted by molar-refractivity contribution is 5.41. The van der Waals surface area contributed by atoms with Crippen molar-refractivity contribution in [3.63, 3.8) is 0 Å². The maximum atomic E-state index is 5.98. The third-order valence-corrected chi connectivity index (χ3v) is 3.52. The predicted octanol–water partition coefficient (Wildman–Crippen LogP) is 3.12. The zero-order valence-electron chi connectivity index (χ0n) is 12.7. The van der Waals surface area contributed by atoms with E-state index in [9.17, 15) is 0 Å². The van der Waals surface area contributed by atoms with Gasteiger partial charge < -0.3 is 14.8 Å². The zero-order chi connectivity index (χ0) is 14.4. The zero-order valence-corrected chi connectivity index (χ0v) is 12.7. The highest BCUT2D eigenvalue weighted by Crippen LogP contribution is 2.28. The molecule has 3 heteroatoms. The molecule has 2 aliphatic rings. The van der Waals surface area contributed by atoms with E-state index in [1.807, 2.05) is 0 Å². The molecule has 0 saturated carbocycles. The number of hydrogen-bond donors (Lipinski definition) is 1. The van der Waals surface area contributed by atoms with Gasteiger partial charge in [-0.2, -0.15) is 0 Å². The van der Waals surface area contributed by atoms with Crippen LogP contribution in [0.2, 0.25) is 0 Å². The van der Waals surface area contributed by atoms with Gasteiger partial charge in [0, 0.05) is 19.7 Å². The number of hydrogen-bond acceptors (Lipinski definition) is 3. The molecule has 0 radical (unpaired) electrons. The second-order valence-electron chi connectivity index (χ2n) is 5.59. The van der Waals surface area contributed by atoms with Crippen molar-refractivity contribution in [2.45, 2.75) is 38.8 Å². The molecule has 0 heterocycles. The van der Waals surface area contributed by atoms with Gasteiger partial charge >= 0.3 is 0 Å². The van der Waals surface area contributed by atoms with Crippen molar-refractivity contribution in [2.24, 2.45) is 0 Å². The van der Waals surface area contributed by atoms with Gasteiger partial charge in [0.1, 0.15) is 18.5 Å². The Balaban J connectivity index is 1.92. The molecule has 2 aliphatic carbocycles. The maximum absolute atomic E-state index is 5.98. The van der Waals surface area contributed by atoms with Crippen molar-refractivity contribution in [3.05, 3.63) is 47.3 Å². The van der Waals surface area contributed by atoms with Crippen LogP contribution in [0.1, 0.15) is 26.7 Å². The molecule has 0 aliphatic heterocycles. The van der Waals surface area contributed by atoms with E-state index in [0.29, 0.717) is 12.6 Å². The van der Waals surface area contributed by atoms with E-state index in [0.717, 1.165) is 25.1 Å². The molecule has 0 spiro atoms. The van der Waals surface area contributed by atoms with Crippen LogP contribution in [0.25, 0.3) is 0 Å². The molecule has 0 amide bonds. The number of rotatable bonds is 7. The van der Waals surface area contributed by atoms with E-state index >= 15 is 0 Å². The summed E-state index contributed by atoms with van der Waals surface area (Å²) in [4.78, 5) is 0. The maximum Gasteiger partial charge on any atom is 0.122 e. The van der Waals surface area contributed by atoms with Gasteiger partial charge in [-0.25, -0.2) is 0 Å². The number of ether oxygens (including phenoxy) is 2. The lowest BCUT2D eigenvalue weighted by Gasteiger charge is -2.20. The Bertz CT molecular complexity index is 444. The van der Waals surface area contributed by atoms with Gasteiger partial charge in [0.15, 0.2) is 0 Å². The highest BCUT2D eigenvalue weighted by atomic mass is 16.5. The molecule has 1 N–H and O–H groups in total. The molecule has 110 valence electrons. The summed E-state index contributed by atoms with van der Waals surface area (Å²) in [5.41, 5.74) is 2.71. The van der Waals surface area contributed by atoms with E-state index < -0.39 is 0 Å². The van der Waals surface area contributed by atoms with Crippen molar-refractivity contribution in [1.29, 1.82) is 0 Å². The Morgan fingerprint density at radius 2 is 2.15 bits per heavy atom. The lowest BCUT2D eigenvalue weighted by Crippen LogP contribution is -2.35. The van der Waals surface area contributed by atoms with Crippen LogP contribution in [0.5, 0.6) is 0 Å². The van der Waals surface area contributed by atoms with E-state index in [1.54, 1.807) is 7.11 Å². The van der Waals surface area contributed by atoms with Crippen LogP contribution in [0, 0.1) is 0 Å². The highest BCUT2D eigenvalue weighted by Gasteiger charge is 2.14. The fourth-order valence-electron chi connectivity index (χ4n) is 2.30. The van der Waals surface area contributed by atoms with Gasteiger partial charge in [0.2, 0.25) is 0 Å². The van der Waals surface area contributed by atoms with Gasteiger partial charge in [-0.1, -0.05) is 43.7 Å². The molecule has 2 rings (SSSR count). The fourth-order valence-corrected chi connectivity index (χ4v) is 2.30. The minimum Gasteiger partial charge on any atom is -0.491 e. The van der Waals surface area contributed by atoms with Crippen LogP contribution < -0.4 is 5.32 Å². The Morgan fingerprint density at radius 1 is 1.30 bits per heavy atom. The molecule has 0 fully saturated rings. The van der Waals surface area contributed by atoms with Crippen molar-refractivity contribution in [1.82, 2.24) is 5.32 Å². The van der Waals surface area contributed by atoms with Gasteiger partial charge in [-0.15, -0.1) is 0 Å². The lowest BCUT2D eigenvalue weighted by atomic mass is 9.97. The summed E-state index contributed by atoms with van der Waals surface area (Å²) in [6.45, 7) is 5.64. The summed E-state index contributed by atoms with van der Waals surface area (Å²) in [5, 5.41) is 3.38. The van der Waals surface area contributed by atoms with Gasteiger partial charge in [0.05, 0.1) is 0 Å². The van der Waals surface area contributed by atoms with Crippen LogP contribution in [-0.2, 0) is 9.47 Å². The van der Waals surface area contributed by atoms with E-state index in [-0.39, 0.29) is 6.10 Å². The third kappa shape index (κ3) is 4.36. The van der Waals surface area contributed by atoms with Crippen LogP contribution in [0.3, 0.4) is 0 Å². The quantitative estimate of drug-likeness (QED) is 0.774. The number of allylic oxidation sites excluding steroid dienone is 7. The average Bonchev–Trinajstić information content (AvgIpc) is 2.58. The summed E-state index contributed by atoms with van der Waals surface area (Å²) < 4.78 is 11.4. The van der Waals surface area contributed by atoms with Gasteiger partial charge in [-0.3, -0.25) is 0 Å². The monoisotopic (exact) mass is 275 g/mol. The van der Waals surface area contributed by atoms with Crippen molar-refractivity contribution >= 4 is 0 Å². The van der Waals surface area contributed by atoms with Crippen molar-refractivity contribution in [3.8, 4) is 0 Å². The Hall–Kier alpha value is -1.32. The fraction of sp³-hybridized carbons (Fsp3) is 0.529. The Morgan fingerprint density at radius 3 is 2.90 bits per heavy atom. The smallest absolute Gasteiger partial charge is 0.122 e. The topological polar surface area (TPSA) is 30.5 Å². The summed E-state index contributed by atoms with van der Waals surface area (Å²) >= 11 is 0. The molecule has 0 saturated heterocycles.